The molecule has 3 rings (SSSR count). The van der Waals surface area contributed by atoms with Gasteiger partial charge in [0.1, 0.15) is 0 Å². The molecule has 2 aliphatic rings. The predicted octanol–water partition coefficient (Wildman–Crippen LogP) is 1.43. The SMILES string of the molecule is Cn1ccc(CC(=O)N2CCCN(C(=O)C3CCC3)CC2)c1. The molecule has 0 spiro atoms. The number of hydrogen-bond donors (Lipinski definition) is 0. The predicted molar refractivity (Wildman–Crippen MR) is 84.2 cm³/mol. The van der Waals surface area contributed by atoms with Crippen LogP contribution < -0.4 is 0 Å². The Kier molecular flexibility index (Phi) is 4.50. The zero-order valence-corrected chi connectivity index (χ0v) is 13.3. The summed E-state index contributed by atoms with van der Waals surface area (Å²) in [6.07, 6.45) is 8.58. The van der Waals surface area contributed by atoms with Crippen LogP contribution in [0.4, 0.5) is 0 Å². The van der Waals surface area contributed by atoms with Gasteiger partial charge >= 0.3 is 0 Å². The Hall–Kier alpha value is -1.78. The summed E-state index contributed by atoms with van der Waals surface area (Å²) in [5, 5.41) is 0. The van der Waals surface area contributed by atoms with E-state index in [1.54, 1.807) is 0 Å². The molecular weight excluding hydrogens is 278 g/mol. The summed E-state index contributed by atoms with van der Waals surface area (Å²) in [4.78, 5) is 28.6. The van der Waals surface area contributed by atoms with E-state index in [-0.39, 0.29) is 11.8 Å². The van der Waals surface area contributed by atoms with Gasteiger partial charge in [-0.05, 0) is 30.9 Å². The minimum absolute atomic E-state index is 0.171. The molecule has 1 aliphatic heterocycles. The summed E-state index contributed by atoms with van der Waals surface area (Å²) in [5.41, 5.74) is 1.05. The molecule has 120 valence electrons. The van der Waals surface area contributed by atoms with Gasteiger partial charge in [0.15, 0.2) is 0 Å². The van der Waals surface area contributed by atoms with E-state index in [1.165, 1.54) is 6.42 Å². The molecule has 0 N–H and O–H groups in total. The highest BCUT2D eigenvalue weighted by atomic mass is 16.2. The molecule has 0 radical (unpaired) electrons. The van der Waals surface area contributed by atoms with Crippen LogP contribution in [0.1, 0.15) is 31.2 Å². The topological polar surface area (TPSA) is 45.6 Å². The van der Waals surface area contributed by atoms with Crippen molar-refractivity contribution in [2.45, 2.75) is 32.1 Å². The maximum atomic E-state index is 12.4. The zero-order valence-electron chi connectivity index (χ0n) is 13.3. The van der Waals surface area contributed by atoms with E-state index in [4.69, 9.17) is 0 Å². The first kappa shape index (κ1) is 15.1. The normalized spacial score (nSPS) is 19.7. The summed E-state index contributed by atoms with van der Waals surface area (Å²) in [6, 6.07) is 1.99. The first-order chi connectivity index (χ1) is 10.6. The zero-order chi connectivity index (χ0) is 15.5. The van der Waals surface area contributed by atoms with Crippen LogP contribution in [0.2, 0.25) is 0 Å². The number of hydrogen-bond acceptors (Lipinski definition) is 2. The fourth-order valence-electron chi connectivity index (χ4n) is 3.25. The number of rotatable bonds is 3. The van der Waals surface area contributed by atoms with Crippen molar-refractivity contribution in [3.8, 4) is 0 Å². The highest BCUT2D eigenvalue weighted by molar-refractivity contribution is 5.80. The molecule has 22 heavy (non-hydrogen) atoms. The third-order valence-electron chi connectivity index (χ3n) is 4.86. The van der Waals surface area contributed by atoms with Gasteiger partial charge in [-0.2, -0.15) is 0 Å². The second-order valence-electron chi connectivity index (χ2n) is 6.55. The van der Waals surface area contributed by atoms with E-state index in [1.807, 2.05) is 39.9 Å². The van der Waals surface area contributed by atoms with Crippen LogP contribution in [-0.2, 0) is 23.1 Å². The van der Waals surface area contributed by atoms with E-state index in [9.17, 15) is 9.59 Å². The van der Waals surface area contributed by atoms with E-state index in [0.29, 0.717) is 25.4 Å². The lowest BCUT2D eigenvalue weighted by atomic mass is 9.84. The third-order valence-corrected chi connectivity index (χ3v) is 4.86. The highest BCUT2D eigenvalue weighted by Gasteiger charge is 2.30. The van der Waals surface area contributed by atoms with Gasteiger partial charge in [-0.15, -0.1) is 0 Å². The Morgan fingerprint density at radius 3 is 2.45 bits per heavy atom. The van der Waals surface area contributed by atoms with Crippen LogP contribution in [0, 0.1) is 5.92 Å². The van der Waals surface area contributed by atoms with Crippen molar-refractivity contribution >= 4 is 11.8 Å². The molecule has 2 amide bonds. The van der Waals surface area contributed by atoms with Gasteiger partial charge < -0.3 is 14.4 Å². The first-order valence-corrected chi connectivity index (χ1v) is 8.31. The summed E-state index contributed by atoms with van der Waals surface area (Å²) < 4.78 is 1.96. The average Bonchev–Trinajstić information content (AvgIpc) is 2.71. The number of aryl methyl sites for hydroxylation is 1. The maximum absolute atomic E-state index is 12.4. The number of carbonyl (C=O) groups is 2. The number of aromatic nitrogens is 1. The molecule has 5 nitrogen and oxygen atoms in total. The summed E-state index contributed by atoms with van der Waals surface area (Å²) in [5.74, 6) is 0.735. The standard InChI is InChI=1S/C17H25N3O2/c1-18-9-6-14(13-18)12-16(21)19-7-3-8-20(11-10-19)17(22)15-4-2-5-15/h6,9,13,15H,2-5,7-8,10-12H2,1H3. The molecule has 1 saturated carbocycles. The van der Waals surface area contributed by atoms with Crippen LogP contribution in [0.3, 0.4) is 0 Å². The van der Waals surface area contributed by atoms with E-state index in [0.717, 1.165) is 37.9 Å². The molecule has 0 bridgehead atoms. The van der Waals surface area contributed by atoms with Crippen molar-refractivity contribution in [3.05, 3.63) is 24.0 Å². The van der Waals surface area contributed by atoms with Crippen molar-refractivity contribution in [2.24, 2.45) is 13.0 Å². The number of nitrogens with zero attached hydrogens (tertiary/aromatic N) is 3. The van der Waals surface area contributed by atoms with Crippen molar-refractivity contribution in [1.82, 2.24) is 14.4 Å². The van der Waals surface area contributed by atoms with Crippen molar-refractivity contribution < 1.29 is 9.59 Å². The Morgan fingerprint density at radius 1 is 1.09 bits per heavy atom. The molecular formula is C17H25N3O2. The Balaban J connectivity index is 1.53. The molecule has 5 heteroatoms. The van der Waals surface area contributed by atoms with E-state index in [2.05, 4.69) is 0 Å². The molecule has 0 atom stereocenters. The Bertz CT molecular complexity index is 548. The first-order valence-electron chi connectivity index (χ1n) is 8.31. The smallest absolute Gasteiger partial charge is 0.227 e. The molecule has 0 aromatic carbocycles. The van der Waals surface area contributed by atoms with Crippen molar-refractivity contribution in [3.63, 3.8) is 0 Å². The lowest BCUT2D eigenvalue weighted by Crippen LogP contribution is -2.41. The minimum Gasteiger partial charge on any atom is -0.357 e. The van der Waals surface area contributed by atoms with Gasteiger partial charge in [0.05, 0.1) is 6.42 Å². The van der Waals surface area contributed by atoms with E-state index < -0.39 is 0 Å². The Morgan fingerprint density at radius 2 is 1.82 bits per heavy atom. The fourth-order valence-corrected chi connectivity index (χ4v) is 3.25. The highest BCUT2D eigenvalue weighted by Crippen LogP contribution is 2.28. The summed E-state index contributed by atoms with van der Waals surface area (Å²) in [7, 11) is 1.96. The Labute approximate surface area is 131 Å². The second kappa shape index (κ2) is 6.55. The van der Waals surface area contributed by atoms with Crippen molar-refractivity contribution in [2.75, 3.05) is 26.2 Å². The molecule has 2 heterocycles. The third kappa shape index (κ3) is 3.34. The van der Waals surface area contributed by atoms with Gasteiger partial charge in [-0.25, -0.2) is 0 Å². The molecule has 2 fully saturated rings. The monoisotopic (exact) mass is 303 g/mol. The van der Waals surface area contributed by atoms with E-state index >= 15 is 0 Å². The molecule has 1 aromatic heterocycles. The van der Waals surface area contributed by atoms with Crippen LogP contribution in [-0.4, -0.2) is 52.4 Å². The number of amides is 2. The van der Waals surface area contributed by atoms with Gasteiger partial charge in [0.25, 0.3) is 0 Å². The molecule has 1 saturated heterocycles. The second-order valence-corrected chi connectivity index (χ2v) is 6.55. The largest absolute Gasteiger partial charge is 0.357 e. The van der Waals surface area contributed by atoms with Gasteiger partial charge in [-0.3, -0.25) is 9.59 Å². The fraction of sp³-hybridized carbons (Fsp3) is 0.647. The van der Waals surface area contributed by atoms with Crippen LogP contribution in [0.15, 0.2) is 18.5 Å². The van der Waals surface area contributed by atoms with Gasteiger partial charge in [0, 0.05) is 51.5 Å². The van der Waals surface area contributed by atoms with Crippen LogP contribution in [0.25, 0.3) is 0 Å². The van der Waals surface area contributed by atoms with Gasteiger partial charge in [0.2, 0.25) is 11.8 Å². The maximum Gasteiger partial charge on any atom is 0.227 e. The molecule has 1 aliphatic carbocycles. The molecule has 1 aromatic rings. The lowest BCUT2D eigenvalue weighted by molar-refractivity contribution is -0.138. The summed E-state index contributed by atoms with van der Waals surface area (Å²) >= 11 is 0. The van der Waals surface area contributed by atoms with Crippen molar-refractivity contribution in [1.29, 1.82) is 0 Å². The summed E-state index contributed by atoms with van der Waals surface area (Å²) in [6.45, 7) is 2.92. The molecule has 0 unspecified atom stereocenters. The number of carbonyl (C=O) groups excluding carboxylic acids is 2. The minimum atomic E-state index is 0.171. The van der Waals surface area contributed by atoms with Crippen LogP contribution >= 0.6 is 0 Å². The lowest BCUT2D eigenvalue weighted by Gasteiger charge is -2.31. The van der Waals surface area contributed by atoms with Gasteiger partial charge in [-0.1, -0.05) is 6.42 Å². The van der Waals surface area contributed by atoms with Crippen LogP contribution in [0.5, 0.6) is 0 Å². The average molecular weight is 303 g/mol. The quantitative estimate of drug-likeness (QED) is 0.848.